The normalized spacial score (nSPS) is 11.1. The number of nitrogens with zero attached hydrogens (tertiary/aromatic N) is 3. The van der Waals surface area contributed by atoms with Gasteiger partial charge in [-0.3, -0.25) is 4.79 Å². The van der Waals surface area contributed by atoms with Gasteiger partial charge in [-0.05, 0) is 37.3 Å². The van der Waals surface area contributed by atoms with Crippen LogP contribution in [0.5, 0.6) is 5.75 Å². The quantitative estimate of drug-likeness (QED) is 0.609. The Morgan fingerprint density at radius 1 is 1.20 bits per heavy atom. The number of imidazole rings is 1. The zero-order chi connectivity index (χ0) is 17.4. The Hall–Kier alpha value is -2.93. The number of nitrogens with one attached hydrogen (secondary N) is 1. The summed E-state index contributed by atoms with van der Waals surface area (Å²) in [6.45, 7) is 2.10. The molecule has 126 valence electrons. The molecule has 0 fully saturated rings. The van der Waals surface area contributed by atoms with Crippen LogP contribution in [-0.2, 0) is 11.3 Å². The summed E-state index contributed by atoms with van der Waals surface area (Å²) in [6.07, 6.45) is 0. The summed E-state index contributed by atoms with van der Waals surface area (Å²) >= 11 is 1.43. The third kappa shape index (κ3) is 2.94. The van der Waals surface area contributed by atoms with Gasteiger partial charge in [-0.15, -0.1) is 0 Å². The number of fused-ring (bicyclic) bond motifs is 2. The number of anilines is 1. The Labute approximate surface area is 148 Å². The molecule has 0 atom stereocenters. The van der Waals surface area contributed by atoms with E-state index in [1.807, 2.05) is 54.0 Å². The molecule has 0 saturated heterocycles. The van der Waals surface area contributed by atoms with E-state index in [9.17, 15) is 4.79 Å². The van der Waals surface area contributed by atoms with Gasteiger partial charge in [-0.25, -0.2) is 9.97 Å². The smallest absolute Gasteiger partial charge is 0.246 e. The molecule has 0 radical (unpaired) electrons. The highest BCUT2D eigenvalue weighted by molar-refractivity contribution is 7.22. The number of benzene rings is 2. The van der Waals surface area contributed by atoms with Crippen LogP contribution in [0.1, 0.15) is 5.82 Å². The van der Waals surface area contributed by atoms with Gasteiger partial charge in [0.05, 0.1) is 28.4 Å². The van der Waals surface area contributed by atoms with Gasteiger partial charge in [0.15, 0.2) is 5.13 Å². The second kappa shape index (κ2) is 6.18. The summed E-state index contributed by atoms with van der Waals surface area (Å²) in [6, 6.07) is 13.4. The molecule has 6 nitrogen and oxygen atoms in total. The molecule has 1 N–H and O–H groups in total. The van der Waals surface area contributed by atoms with Crippen molar-refractivity contribution in [1.29, 1.82) is 0 Å². The highest BCUT2D eigenvalue weighted by Crippen LogP contribution is 2.29. The molecular weight excluding hydrogens is 336 g/mol. The first-order valence-corrected chi connectivity index (χ1v) is 8.62. The zero-order valence-electron chi connectivity index (χ0n) is 13.8. The molecule has 0 unspecified atom stereocenters. The van der Waals surface area contributed by atoms with Crippen molar-refractivity contribution in [3.63, 3.8) is 0 Å². The first-order chi connectivity index (χ1) is 12.1. The van der Waals surface area contributed by atoms with Crippen LogP contribution in [-0.4, -0.2) is 27.6 Å². The molecule has 0 saturated carbocycles. The summed E-state index contributed by atoms with van der Waals surface area (Å²) in [7, 11) is 1.63. The standard InChI is InChI=1S/C18H16N4O2S/c1-11-19-13-5-3-4-6-15(13)22(11)10-17(23)21-18-20-14-8-7-12(24-2)9-16(14)25-18/h3-9H,10H2,1-2H3,(H,20,21,23). The summed E-state index contributed by atoms with van der Waals surface area (Å²) in [5.74, 6) is 1.46. The van der Waals surface area contributed by atoms with Crippen molar-refractivity contribution in [3.8, 4) is 5.75 Å². The highest BCUT2D eigenvalue weighted by Gasteiger charge is 2.13. The summed E-state index contributed by atoms with van der Waals surface area (Å²) < 4.78 is 8.09. The third-order valence-electron chi connectivity index (χ3n) is 3.99. The lowest BCUT2D eigenvalue weighted by molar-refractivity contribution is -0.116. The number of hydrogen-bond acceptors (Lipinski definition) is 5. The monoisotopic (exact) mass is 352 g/mol. The van der Waals surface area contributed by atoms with Crippen LogP contribution in [0.25, 0.3) is 21.3 Å². The van der Waals surface area contributed by atoms with Gasteiger partial charge in [0, 0.05) is 0 Å². The van der Waals surface area contributed by atoms with Crippen LogP contribution in [0.2, 0.25) is 0 Å². The lowest BCUT2D eigenvalue weighted by Gasteiger charge is -2.06. The van der Waals surface area contributed by atoms with Crippen LogP contribution in [0.3, 0.4) is 0 Å². The first-order valence-electron chi connectivity index (χ1n) is 7.80. The van der Waals surface area contributed by atoms with Crippen molar-refractivity contribution >= 4 is 43.6 Å². The predicted octanol–water partition coefficient (Wildman–Crippen LogP) is 3.60. The van der Waals surface area contributed by atoms with Gasteiger partial charge < -0.3 is 14.6 Å². The molecule has 25 heavy (non-hydrogen) atoms. The molecule has 2 aromatic heterocycles. The van der Waals surface area contributed by atoms with Gasteiger partial charge in [0.25, 0.3) is 0 Å². The van der Waals surface area contributed by atoms with Crippen LogP contribution in [0, 0.1) is 6.92 Å². The lowest BCUT2D eigenvalue weighted by Crippen LogP contribution is -2.19. The molecule has 7 heteroatoms. The maximum Gasteiger partial charge on any atom is 0.246 e. The van der Waals surface area contributed by atoms with Gasteiger partial charge >= 0.3 is 0 Å². The Kier molecular flexibility index (Phi) is 3.85. The number of para-hydroxylation sites is 2. The number of thiazole rings is 1. The molecule has 2 heterocycles. The molecule has 2 aromatic carbocycles. The molecule has 0 bridgehead atoms. The molecule has 0 aliphatic heterocycles. The average molecular weight is 352 g/mol. The topological polar surface area (TPSA) is 69.0 Å². The maximum absolute atomic E-state index is 12.5. The number of ether oxygens (including phenoxy) is 1. The number of aryl methyl sites for hydroxylation is 1. The van der Waals surface area contributed by atoms with Crippen molar-refractivity contribution in [2.75, 3.05) is 12.4 Å². The molecule has 0 spiro atoms. The Bertz CT molecular complexity index is 1080. The second-order valence-electron chi connectivity index (χ2n) is 5.63. The number of carbonyl (C=O) groups excluding carboxylic acids is 1. The summed E-state index contributed by atoms with van der Waals surface area (Å²) in [5, 5.41) is 3.46. The molecule has 0 aliphatic carbocycles. The molecule has 4 rings (SSSR count). The van der Waals surface area contributed by atoms with Gasteiger partial charge in [-0.1, -0.05) is 23.5 Å². The van der Waals surface area contributed by atoms with Crippen LogP contribution < -0.4 is 10.1 Å². The van der Waals surface area contributed by atoms with Gasteiger partial charge in [0.2, 0.25) is 5.91 Å². The van der Waals surface area contributed by atoms with E-state index in [-0.39, 0.29) is 12.5 Å². The fourth-order valence-electron chi connectivity index (χ4n) is 2.78. The van der Waals surface area contributed by atoms with E-state index in [1.165, 1.54) is 11.3 Å². The molecule has 1 amide bonds. The maximum atomic E-state index is 12.5. The van der Waals surface area contributed by atoms with Crippen LogP contribution in [0.15, 0.2) is 42.5 Å². The summed E-state index contributed by atoms with van der Waals surface area (Å²) in [4.78, 5) is 21.4. The van der Waals surface area contributed by atoms with E-state index in [1.54, 1.807) is 7.11 Å². The average Bonchev–Trinajstić information content (AvgIpc) is 3.14. The van der Waals surface area contributed by atoms with E-state index in [2.05, 4.69) is 15.3 Å². The number of carbonyl (C=O) groups is 1. The molecule has 0 aliphatic rings. The van der Waals surface area contributed by atoms with E-state index in [0.717, 1.165) is 32.8 Å². The van der Waals surface area contributed by atoms with Crippen LogP contribution >= 0.6 is 11.3 Å². The Balaban J connectivity index is 1.56. The first kappa shape index (κ1) is 15.6. The number of amides is 1. The SMILES string of the molecule is COc1ccc2nc(NC(=O)Cn3c(C)nc4ccccc43)sc2c1. The van der Waals surface area contributed by atoms with E-state index >= 15 is 0 Å². The van der Waals surface area contributed by atoms with Crippen molar-refractivity contribution in [2.45, 2.75) is 13.5 Å². The van der Waals surface area contributed by atoms with Crippen molar-refractivity contribution in [2.24, 2.45) is 0 Å². The minimum Gasteiger partial charge on any atom is -0.497 e. The van der Waals surface area contributed by atoms with Crippen molar-refractivity contribution in [1.82, 2.24) is 14.5 Å². The van der Waals surface area contributed by atoms with Crippen molar-refractivity contribution < 1.29 is 9.53 Å². The van der Waals surface area contributed by atoms with E-state index in [4.69, 9.17) is 4.74 Å². The fourth-order valence-corrected chi connectivity index (χ4v) is 3.69. The molecule has 4 aromatic rings. The minimum atomic E-state index is -0.128. The Morgan fingerprint density at radius 2 is 2.04 bits per heavy atom. The van der Waals surface area contributed by atoms with E-state index < -0.39 is 0 Å². The fraction of sp³-hybridized carbons (Fsp3) is 0.167. The van der Waals surface area contributed by atoms with Crippen molar-refractivity contribution in [3.05, 3.63) is 48.3 Å². The number of aromatic nitrogens is 3. The van der Waals surface area contributed by atoms with Gasteiger partial charge in [0.1, 0.15) is 18.1 Å². The lowest BCUT2D eigenvalue weighted by atomic mass is 10.3. The third-order valence-corrected chi connectivity index (χ3v) is 4.92. The Morgan fingerprint density at radius 3 is 2.88 bits per heavy atom. The number of rotatable bonds is 4. The predicted molar refractivity (Wildman–Crippen MR) is 99.3 cm³/mol. The largest absolute Gasteiger partial charge is 0.497 e. The van der Waals surface area contributed by atoms with Gasteiger partial charge in [-0.2, -0.15) is 0 Å². The zero-order valence-corrected chi connectivity index (χ0v) is 14.6. The van der Waals surface area contributed by atoms with E-state index in [0.29, 0.717) is 5.13 Å². The second-order valence-corrected chi connectivity index (χ2v) is 6.67. The minimum absolute atomic E-state index is 0.128. The molecular formula is C18H16N4O2S. The number of hydrogen-bond donors (Lipinski definition) is 1. The van der Waals surface area contributed by atoms with Crippen LogP contribution in [0.4, 0.5) is 5.13 Å². The summed E-state index contributed by atoms with van der Waals surface area (Å²) in [5.41, 5.74) is 2.68. The highest BCUT2D eigenvalue weighted by atomic mass is 32.1. The number of methoxy groups -OCH3 is 1.